The molecular formula is C14H24N2S. The molecule has 3 unspecified atom stereocenters. The molecule has 0 bridgehead atoms. The highest BCUT2D eigenvalue weighted by atomic mass is 32.1. The molecule has 0 radical (unpaired) electrons. The molecule has 1 saturated carbocycles. The van der Waals surface area contributed by atoms with Crippen molar-refractivity contribution in [3.8, 4) is 0 Å². The van der Waals surface area contributed by atoms with E-state index in [2.05, 4.69) is 48.7 Å². The summed E-state index contributed by atoms with van der Waals surface area (Å²) < 4.78 is 0. The largest absolute Gasteiger partial charge is 0.317 e. The molecule has 2 nitrogen and oxygen atoms in total. The summed E-state index contributed by atoms with van der Waals surface area (Å²) in [4.78, 5) is 3.98. The van der Waals surface area contributed by atoms with Crippen molar-refractivity contribution in [2.45, 2.75) is 38.3 Å². The zero-order valence-electron chi connectivity index (χ0n) is 11.1. The predicted molar refractivity (Wildman–Crippen MR) is 75.6 cm³/mol. The summed E-state index contributed by atoms with van der Waals surface area (Å²) in [6.07, 6.45) is 4.12. The molecule has 1 aliphatic carbocycles. The van der Waals surface area contributed by atoms with Crippen molar-refractivity contribution in [3.63, 3.8) is 0 Å². The molecule has 17 heavy (non-hydrogen) atoms. The van der Waals surface area contributed by atoms with Gasteiger partial charge in [-0.25, -0.2) is 0 Å². The average molecular weight is 252 g/mol. The Bertz CT molecular complexity index is 323. The van der Waals surface area contributed by atoms with Crippen molar-refractivity contribution >= 4 is 11.3 Å². The number of hydrogen-bond acceptors (Lipinski definition) is 3. The Balaban J connectivity index is 1.90. The molecule has 96 valence electrons. The van der Waals surface area contributed by atoms with Gasteiger partial charge in [0.2, 0.25) is 0 Å². The highest BCUT2D eigenvalue weighted by Gasteiger charge is 2.28. The second-order valence-electron chi connectivity index (χ2n) is 5.22. The number of nitrogens with zero attached hydrogens (tertiary/aromatic N) is 1. The van der Waals surface area contributed by atoms with E-state index in [1.54, 1.807) is 0 Å². The van der Waals surface area contributed by atoms with Gasteiger partial charge in [-0.3, -0.25) is 4.90 Å². The summed E-state index contributed by atoms with van der Waals surface area (Å²) in [5.74, 6) is 0.826. The van der Waals surface area contributed by atoms with Gasteiger partial charge in [0.25, 0.3) is 0 Å². The third kappa shape index (κ3) is 3.09. The first kappa shape index (κ1) is 13.1. The van der Waals surface area contributed by atoms with Gasteiger partial charge in [-0.05, 0) is 51.2 Å². The molecule has 1 N–H and O–H groups in total. The lowest BCUT2D eigenvalue weighted by molar-refractivity contribution is 0.208. The second kappa shape index (κ2) is 5.98. The first-order chi connectivity index (χ1) is 8.22. The SMILES string of the molecule is CNC1CCCC1CN(C)C(C)c1cccs1. The van der Waals surface area contributed by atoms with E-state index in [1.165, 1.54) is 30.7 Å². The fourth-order valence-corrected chi connectivity index (χ4v) is 3.76. The molecule has 0 saturated heterocycles. The molecule has 0 spiro atoms. The minimum absolute atomic E-state index is 0.549. The first-order valence-corrected chi connectivity index (χ1v) is 7.51. The summed E-state index contributed by atoms with van der Waals surface area (Å²) in [6.45, 7) is 3.53. The number of thiophene rings is 1. The standard InChI is InChI=1S/C14H24N2S/c1-11(14-8-5-9-17-14)16(3)10-12-6-4-7-13(12)15-2/h5,8-9,11-13,15H,4,6-7,10H2,1-3H3. The molecule has 3 atom stereocenters. The molecule has 3 heteroatoms. The van der Waals surface area contributed by atoms with E-state index >= 15 is 0 Å². The zero-order chi connectivity index (χ0) is 12.3. The van der Waals surface area contributed by atoms with Crippen molar-refractivity contribution in [1.29, 1.82) is 0 Å². The molecule has 1 aliphatic rings. The van der Waals surface area contributed by atoms with Crippen molar-refractivity contribution in [2.75, 3.05) is 20.6 Å². The van der Waals surface area contributed by atoms with Gasteiger partial charge >= 0.3 is 0 Å². The maximum absolute atomic E-state index is 3.47. The lowest BCUT2D eigenvalue weighted by Crippen LogP contribution is -2.37. The van der Waals surface area contributed by atoms with Crippen LogP contribution in [0.25, 0.3) is 0 Å². The van der Waals surface area contributed by atoms with Crippen LogP contribution in [0.3, 0.4) is 0 Å². The van der Waals surface area contributed by atoms with Crippen LogP contribution in [0.5, 0.6) is 0 Å². The first-order valence-electron chi connectivity index (χ1n) is 6.63. The van der Waals surface area contributed by atoms with E-state index in [4.69, 9.17) is 0 Å². The maximum atomic E-state index is 3.47. The average Bonchev–Trinajstić information content (AvgIpc) is 2.98. The van der Waals surface area contributed by atoms with E-state index in [1.807, 2.05) is 11.3 Å². The van der Waals surface area contributed by atoms with Crippen LogP contribution in [-0.4, -0.2) is 31.6 Å². The van der Waals surface area contributed by atoms with Crippen LogP contribution in [0.2, 0.25) is 0 Å². The monoisotopic (exact) mass is 252 g/mol. The Morgan fingerprint density at radius 2 is 2.35 bits per heavy atom. The normalized spacial score (nSPS) is 26.6. The Morgan fingerprint density at radius 1 is 1.53 bits per heavy atom. The van der Waals surface area contributed by atoms with E-state index < -0.39 is 0 Å². The molecule has 1 fully saturated rings. The van der Waals surface area contributed by atoms with E-state index in [-0.39, 0.29) is 0 Å². The fraction of sp³-hybridized carbons (Fsp3) is 0.714. The van der Waals surface area contributed by atoms with E-state index in [9.17, 15) is 0 Å². The molecule has 0 amide bonds. The number of nitrogens with one attached hydrogen (secondary N) is 1. The van der Waals surface area contributed by atoms with Gasteiger partial charge in [0.1, 0.15) is 0 Å². The number of hydrogen-bond donors (Lipinski definition) is 1. The quantitative estimate of drug-likeness (QED) is 0.866. The summed E-state index contributed by atoms with van der Waals surface area (Å²) in [7, 11) is 4.36. The van der Waals surface area contributed by atoms with Gasteiger partial charge < -0.3 is 5.32 Å². The Morgan fingerprint density at radius 3 is 3.00 bits per heavy atom. The van der Waals surface area contributed by atoms with Crippen LogP contribution in [-0.2, 0) is 0 Å². The summed E-state index contributed by atoms with van der Waals surface area (Å²) in [6, 6.07) is 5.67. The molecule has 0 aromatic carbocycles. The van der Waals surface area contributed by atoms with Gasteiger partial charge in [-0.2, -0.15) is 0 Å². The third-order valence-corrected chi connectivity index (χ3v) is 5.21. The Kier molecular flexibility index (Phi) is 4.60. The van der Waals surface area contributed by atoms with Gasteiger partial charge in [0.05, 0.1) is 0 Å². The molecule has 1 aromatic heterocycles. The topological polar surface area (TPSA) is 15.3 Å². The van der Waals surface area contributed by atoms with E-state index in [0.29, 0.717) is 6.04 Å². The summed E-state index contributed by atoms with van der Waals surface area (Å²) in [5, 5.41) is 5.64. The van der Waals surface area contributed by atoms with Crippen LogP contribution in [0.1, 0.15) is 37.1 Å². The van der Waals surface area contributed by atoms with Crippen molar-refractivity contribution in [2.24, 2.45) is 5.92 Å². The molecule has 1 heterocycles. The third-order valence-electron chi connectivity index (χ3n) is 4.17. The highest BCUT2D eigenvalue weighted by Crippen LogP contribution is 2.29. The van der Waals surface area contributed by atoms with Crippen LogP contribution in [0, 0.1) is 5.92 Å². The van der Waals surface area contributed by atoms with Crippen LogP contribution >= 0.6 is 11.3 Å². The number of rotatable bonds is 5. The van der Waals surface area contributed by atoms with Crippen molar-refractivity contribution < 1.29 is 0 Å². The van der Waals surface area contributed by atoms with Crippen LogP contribution < -0.4 is 5.32 Å². The fourth-order valence-electron chi connectivity index (χ4n) is 2.91. The van der Waals surface area contributed by atoms with Crippen LogP contribution in [0.15, 0.2) is 17.5 Å². The van der Waals surface area contributed by atoms with Gasteiger partial charge in [0.15, 0.2) is 0 Å². The van der Waals surface area contributed by atoms with E-state index in [0.717, 1.165) is 12.0 Å². The minimum Gasteiger partial charge on any atom is -0.317 e. The minimum atomic E-state index is 0.549. The molecule has 1 aromatic rings. The van der Waals surface area contributed by atoms with Gasteiger partial charge in [-0.1, -0.05) is 12.5 Å². The van der Waals surface area contributed by atoms with Gasteiger partial charge in [0, 0.05) is 23.5 Å². The lowest BCUT2D eigenvalue weighted by Gasteiger charge is -2.29. The Labute approximate surface area is 109 Å². The second-order valence-corrected chi connectivity index (χ2v) is 6.20. The predicted octanol–water partition coefficient (Wildman–Crippen LogP) is 3.13. The van der Waals surface area contributed by atoms with Crippen molar-refractivity contribution in [3.05, 3.63) is 22.4 Å². The molecular weight excluding hydrogens is 228 g/mol. The smallest absolute Gasteiger partial charge is 0.0410 e. The Hall–Kier alpha value is -0.380. The summed E-state index contributed by atoms with van der Waals surface area (Å²) >= 11 is 1.87. The highest BCUT2D eigenvalue weighted by molar-refractivity contribution is 7.10. The molecule has 0 aliphatic heterocycles. The van der Waals surface area contributed by atoms with Gasteiger partial charge in [-0.15, -0.1) is 11.3 Å². The van der Waals surface area contributed by atoms with Crippen molar-refractivity contribution in [1.82, 2.24) is 10.2 Å². The zero-order valence-corrected chi connectivity index (χ0v) is 12.0. The maximum Gasteiger partial charge on any atom is 0.0410 e. The summed E-state index contributed by atoms with van der Waals surface area (Å²) in [5.41, 5.74) is 0. The van der Waals surface area contributed by atoms with Crippen LogP contribution in [0.4, 0.5) is 0 Å². The molecule has 2 rings (SSSR count). The lowest BCUT2D eigenvalue weighted by atomic mass is 10.0.